The number of carbonyl (C=O) groups excluding carboxylic acids is 2. The van der Waals surface area contributed by atoms with Crippen molar-refractivity contribution in [2.75, 3.05) is 0 Å². The van der Waals surface area contributed by atoms with Crippen molar-refractivity contribution < 1.29 is 9.59 Å². The average molecular weight is 419 g/mol. The third kappa shape index (κ3) is 3.46. The van der Waals surface area contributed by atoms with E-state index in [1.165, 1.54) is 0 Å². The smallest absolute Gasteiger partial charge is 0.248 e. The first-order valence-electron chi connectivity index (χ1n) is 10.2. The minimum Gasteiger partial charge on any atom is -0.366 e. The number of hydrogen-bond acceptors (Lipinski definition) is 6. The molecule has 0 saturated carbocycles. The van der Waals surface area contributed by atoms with Crippen LogP contribution in [0.3, 0.4) is 0 Å². The Kier molecular flexibility index (Phi) is 5.28. The average Bonchev–Trinajstić information content (AvgIpc) is 3.27. The van der Waals surface area contributed by atoms with E-state index in [-0.39, 0.29) is 6.04 Å². The molecule has 4 rings (SSSR count). The van der Waals surface area contributed by atoms with Crippen LogP contribution in [-0.2, 0) is 18.3 Å². The van der Waals surface area contributed by atoms with Crippen LogP contribution in [0, 0.1) is 0 Å². The second-order valence-electron chi connectivity index (χ2n) is 7.99. The molecule has 1 aliphatic rings. The number of amides is 2. The van der Waals surface area contributed by atoms with E-state index >= 15 is 0 Å². The summed E-state index contributed by atoms with van der Waals surface area (Å²) in [5, 5.41) is 15.1. The first kappa shape index (κ1) is 20.7. The molecule has 9 heteroatoms. The Morgan fingerprint density at radius 1 is 1.03 bits per heavy atom. The summed E-state index contributed by atoms with van der Waals surface area (Å²) in [5.74, 6) is -0.494. The number of nitrogens with zero attached hydrogens (tertiary/aromatic N) is 3. The first-order valence-corrected chi connectivity index (χ1v) is 10.2. The molecule has 0 bridgehead atoms. The Balaban J connectivity index is 2.06. The zero-order chi connectivity index (χ0) is 22.2. The molecular formula is C22H25N7O2. The Hall–Kier alpha value is -3.59. The van der Waals surface area contributed by atoms with Crippen LogP contribution in [0.5, 0.6) is 0 Å². The number of aryl methyl sites for hydroxylation is 2. The van der Waals surface area contributed by atoms with Crippen LogP contribution in [0.2, 0.25) is 0 Å². The Bertz CT molecular complexity index is 1080. The maximum absolute atomic E-state index is 11.8. The van der Waals surface area contributed by atoms with Crippen LogP contribution in [-0.4, -0.2) is 38.5 Å². The van der Waals surface area contributed by atoms with Gasteiger partial charge in [-0.25, -0.2) is 0 Å². The van der Waals surface area contributed by atoms with E-state index in [4.69, 9.17) is 17.2 Å². The van der Waals surface area contributed by atoms with Gasteiger partial charge in [0.05, 0.1) is 5.41 Å². The molecule has 2 amide bonds. The van der Waals surface area contributed by atoms with E-state index in [1.807, 2.05) is 31.2 Å². The number of benzene rings is 2. The maximum Gasteiger partial charge on any atom is 0.248 e. The van der Waals surface area contributed by atoms with Crippen LogP contribution in [0.1, 0.15) is 68.6 Å². The predicted molar refractivity (Wildman–Crippen MR) is 114 cm³/mol. The Morgan fingerprint density at radius 3 is 2.00 bits per heavy atom. The van der Waals surface area contributed by atoms with Gasteiger partial charge in [0.1, 0.15) is 0 Å². The molecule has 0 radical (unpaired) electrons. The fraction of sp³-hybridized carbons (Fsp3) is 0.318. The topological polar surface area (TPSA) is 167 Å². The first-order chi connectivity index (χ1) is 14.9. The van der Waals surface area contributed by atoms with Gasteiger partial charge < -0.3 is 17.2 Å². The molecule has 0 fully saturated rings. The summed E-state index contributed by atoms with van der Waals surface area (Å²) < 4.78 is 0. The molecule has 3 aromatic rings. The number of nitrogens with two attached hydrogens (primary N) is 3. The fourth-order valence-electron chi connectivity index (χ4n) is 4.59. The third-order valence-electron chi connectivity index (χ3n) is 6.18. The van der Waals surface area contributed by atoms with Gasteiger partial charge in [-0.3, -0.25) is 9.59 Å². The Labute approximate surface area is 179 Å². The number of carbonyl (C=O) groups is 2. The van der Waals surface area contributed by atoms with E-state index in [0.29, 0.717) is 36.2 Å². The van der Waals surface area contributed by atoms with E-state index in [9.17, 15) is 9.59 Å². The number of H-pyrrole nitrogens is 1. The minimum atomic E-state index is -0.810. The van der Waals surface area contributed by atoms with E-state index in [1.54, 1.807) is 12.1 Å². The molecule has 0 aliphatic heterocycles. The second-order valence-corrected chi connectivity index (χ2v) is 7.99. The molecule has 0 saturated heterocycles. The van der Waals surface area contributed by atoms with Gasteiger partial charge >= 0.3 is 0 Å². The third-order valence-corrected chi connectivity index (χ3v) is 6.18. The molecule has 31 heavy (non-hydrogen) atoms. The number of primary amides is 2. The number of fused-ring (bicyclic) bond motifs is 2. The van der Waals surface area contributed by atoms with Gasteiger partial charge in [0.15, 0.2) is 5.82 Å². The SMILES string of the molecule is CC[C@H](N)CC1(c2nn[nH]n2)c2ccc(C(N)=O)cc2CCc2cc(C(N)=O)ccc21. The lowest BCUT2D eigenvalue weighted by Gasteiger charge is -2.36. The van der Waals surface area contributed by atoms with Crippen molar-refractivity contribution in [3.05, 3.63) is 75.6 Å². The largest absolute Gasteiger partial charge is 0.366 e. The van der Waals surface area contributed by atoms with Crippen LogP contribution >= 0.6 is 0 Å². The summed E-state index contributed by atoms with van der Waals surface area (Å²) in [6.45, 7) is 2.03. The number of nitrogens with one attached hydrogen (secondary N) is 1. The highest BCUT2D eigenvalue weighted by molar-refractivity contribution is 5.94. The molecule has 2 aromatic carbocycles. The summed E-state index contributed by atoms with van der Waals surface area (Å²) in [4.78, 5) is 23.7. The van der Waals surface area contributed by atoms with Crippen molar-refractivity contribution in [3.8, 4) is 0 Å². The molecule has 0 spiro atoms. The highest BCUT2D eigenvalue weighted by atomic mass is 16.1. The monoisotopic (exact) mass is 419 g/mol. The van der Waals surface area contributed by atoms with Crippen molar-refractivity contribution in [1.29, 1.82) is 0 Å². The fourth-order valence-corrected chi connectivity index (χ4v) is 4.59. The highest BCUT2D eigenvalue weighted by Crippen LogP contribution is 2.46. The van der Waals surface area contributed by atoms with Gasteiger partial charge in [0.25, 0.3) is 0 Å². The number of hydrogen-bond donors (Lipinski definition) is 4. The lowest BCUT2D eigenvalue weighted by molar-refractivity contribution is 0.0991. The number of tetrazole rings is 1. The van der Waals surface area contributed by atoms with Crippen LogP contribution < -0.4 is 17.2 Å². The zero-order valence-corrected chi connectivity index (χ0v) is 17.3. The molecule has 1 atom stereocenters. The lowest BCUT2D eigenvalue weighted by atomic mass is 9.67. The summed E-state index contributed by atoms with van der Waals surface area (Å²) >= 11 is 0. The number of aromatic nitrogens is 4. The lowest BCUT2D eigenvalue weighted by Crippen LogP contribution is -2.39. The standard InChI is InChI=1S/C22H25N7O2/c1-2-16(23)11-22(21-26-28-29-27-21)17-7-5-14(19(24)30)9-12(17)3-4-13-10-15(20(25)31)6-8-18(13)22/h5-10,16H,2-4,11,23H2,1H3,(H2,24,30)(H2,25,31)(H,26,27,28,29)/t16-/m0/s1. The van der Waals surface area contributed by atoms with E-state index < -0.39 is 17.2 Å². The number of rotatable bonds is 6. The quantitative estimate of drug-likeness (QED) is 0.464. The minimum absolute atomic E-state index is 0.149. The maximum atomic E-state index is 11.8. The molecule has 9 nitrogen and oxygen atoms in total. The molecule has 1 aromatic heterocycles. The summed E-state index contributed by atoms with van der Waals surface area (Å²) in [6, 6.07) is 10.8. The van der Waals surface area contributed by atoms with Gasteiger partial charge in [-0.2, -0.15) is 5.21 Å². The van der Waals surface area contributed by atoms with Crippen molar-refractivity contribution in [1.82, 2.24) is 20.6 Å². The van der Waals surface area contributed by atoms with E-state index in [0.717, 1.165) is 28.7 Å². The molecule has 1 aliphatic carbocycles. The second kappa shape index (κ2) is 7.92. The van der Waals surface area contributed by atoms with Crippen LogP contribution in [0.15, 0.2) is 36.4 Å². The predicted octanol–water partition coefficient (Wildman–Crippen LogP) is 0.958. The molecule has 160 valence electrons. The van der Waals surface area contributed by atoms with Crippen LogP contribution in [0.4, 0.5) is 0 Å². The molecular weight excluding hydrogens is 394 g/mol. The van der Waals surface area contributed by atoms with Crippen LogP contribution in [0.25, 0.3) is 0 Å². The summed E-state index contributed by atoms with van der Waals surface area (Å²) in [6.07, 6.45) is 2.57. The zero-order valence-electron chi connectivity index (χ0n) is 17.3. The van der Waals surface area contributed by atoms with Crippen molar-refractivity contribution in [2.24, 2.45) is 17.2 Å². The van der Waals surface area contributed by atoms with Gasteiger partial charge in [-0.15, -0.1) is 10.2 Å². The normalized spacial score (nSPS) is 15.4. The van der Waals surface area contributed by atoms with Gasteiger partial charge in [0, 0.05) is 17.2 Å². The van der Waals surface area contributed by atoms with Gasteiger partial charge in [-0.05, 0) is 72.2 Å². The molecule has 1 heterocycles. The summed E-state index contributed by atoms with van der Waals surface area (Å²) in [5.41, 5.74) is 21.4. The Morgan fingerprint density at radius 2 is 1.58 bits per heavy atom. The summed E-state index contributed by atoms with van der Waals surface area (Å²) in [7, 11) is 0. The highest BCUT2D eigenvalue weighted by Gasteiger charge is 2.45. The van der Waals surface area contributed by atoms with Gasteiger partial charge in [0.2, 0.25) is 11.8 Å². The van der Waals surface area contributed by atoms with Crippen molar-refractivity contribution in [3.63, 3.8) is 0 Å². The molecule has 0 unspecified atom stereocenters. The molecule has 7 N–H and O–H groups in total. The van der Waals surface area contributed by atoms with Crippen molar-refractivity contribution in [2.45, 2.75) is 44.1 Å². The van der Waals surface area contributed by atoms with E-state index in [2.05, 4.69) is 20.6 Å². The van der Waals surface area contributed by atoms with Crippen molar-refractivity contribution >= 4 is 11.8 Å². The number of aromatic amines is 1. The van der Waals surface area contributed by atoms with Gasteiger partial charge in [-0.1, -0.05) is 24.3 Å².